The van der Waals surface area contributed by atoms with E-state index >= 15 is 0 Å². The predicted octanol–water partition coefficient (Wildman–Crippen LogP) is 1.37. The van der Waals surface area contributed by atoms with E-state index in [0.29, 0.717) is 17.7 Å². The topological polar surface area (TPSA) is 98.3 Å². The van der Waals surface area contributed by atoms with Crippen LogP contribution in [0.4, 0.5) is 5.69 Å². The largest absolute Gasteiger partial charge is 0.350 e. The third-order valence-corrected chi connectivity index (χ3v) is 2.45. The fourth-order valence-electron chi connectivity index (χ4n) is 1.47. The van der Waals surface area contributed by atoms with Crippen LogP contribution < -0.4 is 11.1 Å². The van der Waals surface area contributed by atoms with Gasteiger partial charge in [0.05, 0.1) is 4.92 Å². The van der Waals surface area contributed by atoms with Gasteiger partial charge in [0.25, 0.3) is 11.6 Å². The maximum atomic E-state index is 11.9. The van der Waals surface area contributed by atoms with Crippen molar-refractivity contribution in [2.45, 2.75) is 26.3 Å². The average Bonchev–Trinajstić information content (AvgIpc) is 2.24. The van der Waals surface area contributed by atoms with Crippen LogP contribution in [0.25, 0.3) is 0 Å². The maximum Gasteiger partial charge on any atom is 0.273 e. The molecule has 1 rings (SSSR count). The zero-order valence-electron chi connectivity index (χ0n) is 10.7. The molecule has 0 unspecified atom stereocenters. The van der Waals surface area contributed by atoms with Gasteiger partial charge >= 0.3 is 0 Å². The number of hydrogen-bond acceptors (Lipinski definition) is 4. The van der Waals surface area contributed by atoms with E-state index in [1.165, 1.54) is 12.1 Å². The molecule has 0 aliphatic carbocycles. The van der Waals surface area contributed by atoms with Gasteiger partial charge in [-0.2, -0.15) is 0 Å². The normalized spacial score (nSPS) is 11.1. The molecule has 1 aromatic rings. The number of amides is 1. The van der Waals surface area contributed by atoms with Crippen molar-refractivity contribution in [1.29, 1.82) is 0 Å². The number of nitrogens with two attached hydrogens (primary N) is 1. The van der Waals surface area contributed by atoms with Gasteiger partial charge in [0, 0.05) is 29.3 Å². The van der Waals surface area contributed by atoms with E-state index in [1.807, 2.05) is 0 Å². The highest BCUT2D eigenvalue weighted by molar-refractivity contribution is 5.96. The molecule has 0 spiro atoms. The van der Waals surface area contributed by atoms with Crippen LogP contribution in [0.5, 0.6) is 0 Å². The van der Waals surface area contributed by atoms with E-state index in [9.17, 15) is 14.9 Å². The molecule has 0 bridgehead atoms. The van der Waals surface area contributed by atoms with Crippen LogP contribution in [0.1, 0.15) is 29.8 Å². The van der Waals surface area contributed by atoms with E-state index in [4.69, 9.17) is 5.73 Å². The van der Waals surface area contributed by atoms with Crippen LogP contribution >= 0.6 is 0 Å². The van der Waals surface area contributed by atoms with E-state index in [1.54, 1.807) is 26.8 Å². The fraction of sp³-hybridized carbons (Fsp3) is 0.417. The van der Waals surface area contributed by atoms with Crippen molar-refractivity contribution in [2.24, 2.45) is 5.73 Å². The summed E-state index contributed by atoms with van der Waals surface area (Å²) in [5.74, 6) is -0.352. The van der Waals surface area contributed by atoms with Crippen LogP contribution in [0.15, 0.2) is 18.2 Å². The Balaban J connectivity index is 2.93. The Bertz CT molecular complexity index is 478. The van der Waals surface area contributed by atoms with E-state index in [0.717, 1.165) is 0 Å². The van der Waals surface area contributed by atoms with Crippen LogP contribution in [-0.2, 0) is 0 Å². The molecule has 0 fully saturated rings. The second-order valence-corrected chi connectivity index (χ2v) is 4.88. The fourth-order valence-corrected chi connectivity index (χ4v) is 1.47. The second-order valence-electron chi connectivity index (χ2n) is 4.88. The lowest BCUT2D eigenvalue weighted by Gasteiger charge is -2.19. The molecule has 0 aliphatic rings. The molecular formula is C12H17N3O3. The van der Waals surface area contributed by atoms with Crippen molar-refractivity contribution in [1.82, 2.24) is 5.32 Å². The van der Waals surface area contributed by atoms with Gasteiger partial charge < -0.3 is 11.1 Å². The summed E-state index contributed by atoms with van der Waals surface area (Å²) in [6, 6.07) is 4.42. The Kier molecular flexibility index (Phi) is 4.03. The summed E-state index contributed by atoms with van der Waals surface area (Å²) in [5, 5.41) is 13.4. The number of rotatable bonds is 4. The first-order valence-electron chi connectivity index (χ1n) is 5.53. The molecule has 3 N–H and O–H groups in total. The first kappa shape index (κ1) is 14.1. The number of nitrogens with one attached hydrogen (secondary N) is 1. The minimum absolute atomic E-state index is 0.0605. The molecule has 0 saturated carbocycles. The lowest BCUT2D eigenvalue weighted by atomic mass is 10.0. The lowest BCUT2D eigenvalue weighted by molar-refractivity contribution is -0.385. The van der Waals surface area contributed by atoms with Crippen molar-refractivity contribution >= 4 is 11.6 Å². The zero-order chi connectivity index (χ0) is 13.9. The molecule has 0 aliphatic heterocycles. The first-order chi connectivity index (χ1) is 8.22. The van der Waals surface area contributed by atoms with E-state index in [-0.39, 0.29) is 11.6 Å². The highest BCUT2D eigenvalue weighted by Crippen LogP contribution is 2.20. The molecule has 0 heterocycles. The molecule has 6 heteroatoms. The van der Waals surface area contributed by atoms with Crippen molar-refractivity contribution in [2.75, 3.05) is 6.54 Å². The SMILES string of the molecule is Cc1c(C(=O)NCC(C)(C)N)cccc1[N+](=O)[O-]. The number of benzene rings is 1. The third kappa shape index (κ3) is 3.53. The summed E-state index contributed by atoms with van der Waals surface area (Å²) >= 11 is 0. The summed E-state index contributed by atoms with van der Waals surface area (Å²) in [4.78, 5) is 22.2. The number of nitro groups is 1. The number of nitro benzene ring substituents is 1. The van der Waals surface area contributed by atoms with Gasteiger partial charge in [-0.3, -0.25) is 14.9 Å². The van der Waals surface area contributed by atoms with E-state index in [2.05, 4.69) is 5.32 Å². The Morgan fingerprint density at radius 1 is 1.50 bits per heavy atom. The monoisotopic (exact) mass is 251 g/mol. The quantitative estimate of drug-likeness (QED) is 0.623. The molecule has 0 atom stereocenters. The molecule has 0 saturated heterocycles. The summed E-state index contributed by atoms with van der Waals surface area (Å²) in [5.41, 5.74) is 5.83. The van der Waals surface area contributed by atoms with Crippen LogP contribution in [0.2, 0.25) is 0 Å². The van der Waals surface area contributed by atoms with Crippen LogP contribution in [0, 0.1) is 17.0 Å². The Morgan fingerprint density at radius 2 is 2.11 bits per heavy atom. The highest BCUT2D eigenvalue weighted by atomic mass is 16.6. The maximum absolute atomic E-state index is 11.9. The number of carbonyl (C=O) groups is 1. The van der Waals surface area contributed by atoms with Gasteiger partial charge in [-0.15, -0.1) is 0 Å². The van der Waals surface area contributed by atoms with Crippen molar-refractivity contribution in [3.05, 3.63) is 39.4 Å². The van der Waals surface area contributed by atoms with E-state index < -0.39 is 10.5 Å². The number of nitrogens with zero attached hydrogens (tertiary/aromatic N) is 1. The van der Waals surface area contributed by atoms with Gasteiger partial charge in [0.2, 0.25) is 0 Å². The second kappa shape index (κ2) is 5.14. The highest BCUT2D eigenvalue weighted by Gasteiger charge is 2.19. The van der Waals surface area contributed by atoms with Gasteiger partial charge in [-0.05, 0) is 26.8 Å². The summed E-state index contributed by atoms with van der Waals surface area (Å²) < 4.78 is 0. The predicted molar refractivity (Wildman–Crippen MR) is 68.4 cm³/mol. The third-order valence-electron chi connectivity index (χ3n) is 2.45. The Labute approximate surface area is 105 Å². The molecule has 98 valence electrons. The van der Waals surface area contributed by atoms with Crippen molar-refractivity contribution in [3.63, 3.8) is 0 Å². The van der Waals surface area contributed by atoms with Crippen molar-refractivity contribution < 1.29 is 9.72 Å². The zero-order valence-corrected chi connectivity index (χ0v) is 10.7. The molecule has 6 nitrogen and oxygen atoms in total. The Hall–Kier alpha value is -1.95. The lowest BCUT2D eigenvalue weighted by Crippen LogP contribution is -2.45. The summed E-state index contributed by atoms with van der Waals surface area (Å²) in [7, 11) is 0. The van der Waals surface area contributed by atoms with Crippen LogP contribution in [-0.4, -0.2) is 22.9 Å². The molecule has 0 radical (unpaired) electrons. The first-order valence-corrected chi connectivity index (χ1v) is 5.53. The van der Waals surface area contributed by atoms with Gasteiger partial charge in [0.15, 0.2) is 0 Å². The summed E-state index contributed by atoms with van der Waals surface area (Å²) in [6.07, 6.45) is 0. The number of carbonyl (C=O) groups excluding carboxylic acids is 1. The molecule has 1 amide bonds. The summed E-state index contributed by atoms with van der Waals surface area (Å²) in [6.45, 7) is 5.43. The standard InChI is InChI=1S/C12H17N3O3/c1-8-9(5-4-6-10(8)15(17)18)11(16)14-7-12(2,3)13/h4-6H,7,13H2,1-3H3,(H,14,16). The van der Waals surface area contributed by atoms with Crippen LogP contribution in [0.3, 0.4) is 0 Å². The molecular weight excluding hydrogens is 234 g/mol. The average molecular weight is 251 g/mol. The Morgan fingerprint density at radius 3 is 2.61 bits per heavy atom. The van der Waals surface area contributed by atoms with Gasteiger partial charge in [-0.25, -0.2) is 0 Å². The van der Waals surface area contributed by atoms with Gasteiger partial charge in [0.1, 0.15) is 0 Å². The number of hydrogen-bond donors (Lipinski definition) is 2. The van der Waals surface area contributed by atoms with Gasteiger partial charge in [-0.1, -0.05) is 6.07 Å². The molecule has 18 heavy (non-hydrogen) atoms. The minimum atomic E-state index is -0.524. The molecule has 0 aromatic heterocycles. The van der Waals surface area contributed by atoms with Crippen molar-refractivity contribution in [3.8, 4) is 0 Å². The minimum Gasteiger partial charge on any atom is -0.350 e. The molecule has 1 aromatic carbocycles. The smallest absolute Gasteiger partial charge is 0.273 e.